The predicted molar refractivity (Wildman–Crippen MR) is 50.1 cm³/mol. The van der Waals surface area contributed by atoms with Crippen molar-refractivity contribution in [2.45, 2.75) is 50.3 Å². The third kappa shape index (κ3) is 3.66. The number of carboxylic acids is 1. The molecule has 1 N–H and O–H groups in total. The lowest BCUT2D eigenvalue weighted by atomic mass is 9.94. The van der Waals surface area contributed by atoms with Gasteiger partial charge in [0.05, 0.1) is 0 Å². The zero-order chi connectivity index (χ0) is 12.2. The maximum absolute atomic E-state index is 12.0. The fourth-order valence-electron chi connectivity index (χ4n) is 1.94. The van der Waals surface area contributed by atoms with Crippen molar-refractivity contribution in [3.63, 3.8) is 0 Å². The molecular formula is C10H15F3O3. The third-order valence-corrected chi connectivity index (χ3v) is 2.81. The van der Waals surface area contributed by atoms with Crippen molar-refractivity contribution >= 4 is 5.97 Å². The smallest absolute Gasteiger partial charge is 0.411 e. The molecule has 3 nitrogen and oxygen atoms in total. The molecule has 1 aliphatic carbocycles. The molecule has 0 unspecified atom stereocenters. The van der Waals surface area contributed by atoms with Crippen molar-refractivity contribution in [3.05, 3.63) is 0 Å². The van der Waals surface area contributed by atoms with Crippen molar-refractivity contribution in [3.8, 4) is 0 Å². The molecule has 0 spiro atoms. The zero-order valence-electron chi connectivity index (χ0n) is 8.85. The minimum absolute atomic E-state index is 0.165. The number of halogens is 3. The molecule has 0 bridgehead atoms. The van der Waals surface area contributed by atoms with Gasteiger partial charge in [0.1, 0.15) is 6.61 Å². The molecule has 0 radical (unpaired) electrons. The molecule has 16 heavy (non-hydrogen) atoms. The minimum atomic E-state index is -4.48. The largest absolute Gasteiger partial charge is 0.479 e. The maximum atomic E-state index is 12.0. The number of ether oxygens (including phenoxy) is 1. The highest BCUT2D eigenvalue weighted by atomic mass is 19.4. The molecule has 1 fully saturated rings. The van der Waals surface area contributed by atoms with Crippen LogP contribution in [-0.2, 0) is 9.53 Å². The Bertz CT molecular complexity index is 242. The second kappa shape index (κ2) is 5.03. The van der Waals surface area contributed by atoms with E-state index in [9.17, 15) is 18.0 Å². The van der Waals surface area contributed by atoms with Crippen molar-refractivity contribution in [2.75, 3.05) is 6.61 Å². The van der Waals surface area contributed by atoms with Gasteiger partial charge in [-0.2, -0.15) is 13.2 Å². The van der Waals surface area contributed by atoms with Crippen molar-refractivity contribution in [2.24, 2.45) is 0 Å². The maximum Gasteiger partial charge on any atom is 0.411 e. The Morgan fingerprint density at radius 1 is 1.19 bits per heavy atom. The van der Waals surface area contributed by atoms with Crippen LogP contribution >= 0.6 is 0 Å². The highest BCUT2D eigenvalue weighted by molar-refractivity contribution is 5.77. The first-order valence-electron chi connectivity index (χ1n) is 5.30. The molecule has 0 atom stereocenters. The summed E-state index contributed by atoms with van der Waals surface area (Å²) in [6, 6.07) is 0. The van der Waals surface area contributed by atoms with E-state index in [0.29, 0.717) is 12.8 Å². The van der Waals surface area contributed by atoms with Gasteiger partial charge in [0.15, 0.2) is 5.60 Å². The fraction of sp³-hybridized carbons (Fsp3) is 0.900. The summed E-state index contributed by atoms with van der Waals surface area (Å²) in [5.74, 6) is -1.28. The lowest BCUT2D eigenvalue weighted by Crippen LogP contribution is -2.43. The molecule has 0 aliphatic heterocycles. The van der Waals surface area contributed by atoms with E-state index >= 15 is 0 Å². The zero-order valence-corrected chi connectivity index (χ0v) is 8.85. The summed E-state index contributed by atoms with van der Waals surface area (Å²) >= 11 is 0. The summed E-state index contributed by atoms with van der Waals surface area (Å²) < 4.78 is 40.7. The Morgan fingerprint density at radius 3 is 2.06 bits per heavy atom. The monoisotopic (exact) mass is 240 g/mol. The van der Waals surface area contributed by atoms with Crippen molar-refractivity contribution in [1.29, 1.82) is 0 Å². The van der Waals surface area contributed by atoms with Gasteiger partial charge < -0.3 is 9.84 Å². The Labute approximate surface area is 91.6 Å². The highest BCUT2D eigenvalue weighted by Crippen LogP contribution is 2.32. The predicted octanol–water partition coefficient (Wildman–Crippen LogP) is 2.74. The molecule has 0 aromatic carbocycles. The van der Waals surface area contributed by atoms with E-state index in [2.05, 4.69) is 4.74 Å². The number of carboxylic acid groups (broad SMARTS) is 1. The van der Waals surface area contributed by atoms with Crippen LogP contribution in [0.25, 0.3) is 0 Å². The Kier molecular flexibility index (Phi) is 4.18. The molecule has 0 heterocycles. The fourth-order valence-corrected chi connectivity index (χ4v) is 1.94. The van der Waals surface area contributed by atoms with Crippen LogP contribution in [0, 0.1) is 0 Å². The summed E-state index contributed by atoms with van der Waals surface area (Å²) in [5, 5.41) is 9.02. The second-order valence-electron chi connectivity index (χ2n) is 4.12. The van der Waals surface area contributed by atoms with E-state index in [1.54, 1.807) is 0 Å². The first-order valence-corrected chi connectivity index (χ1v) is 5.30. The minimum Gasteiger partial charge on any atom is -0.479 e. The summed E-state index contributed by atoms with van der Waals surface area (Å²) in [7, 11) is 0. The van der Waals surface area contributed by atoms with Crippen LogP contribution < -0.4 is 0 Å². The van der Waals surface area contributed by atoms with E-state index in [1.165, 1.54) is 0 Å². The van der Waals surface area contributed by atoms with Gasteiger partial charge in [-0.15, -0.1) is 0 Å². The van der Waals surface area contributed by atoms with Gasteiger partial charge in [0.25, 0.3) is 0 Å². The van der Waals surface area contributed by atoms with E-state index in [4.69, 9.17) is 5.11 Å². The number of carbonyl (C=O) groups is 1. The molecule has 94 valence electrons. The standard InChI is InChI=1S/C10H15F3O3/c11-10(12,13)7-16-9(8(14)15)5-3-1-2-4-6-9/h1-7H2,(H,14,15). The first kappa shape index (κ1) is 13.3. The summed E-state index contributed by atoms with van der Waals surface area (Å²) in [6.45, 7) is -1.49. The summed E-state index contributed by atoms with van der Waals surface area (Å²) in [5.41, 5.74) is -1.63. The van der Waals surface area contributed by atoms with Crippen molar-refractivity contribution < 1.29 is 27.8 Å². The van der Waals surface area contributed by atoms with Gasteiger partial charge in [-0.05, 0) is 25.7 Å². The molecule has 0 aromatic rings. The molecule has 0 amide bonds. The van der Waals surface area contributed by atoms with Crippen LogP contribution in [0.5, 0.6) is 0 Å². The van der Waals surface area contributed by atoms with Gasteiger partial charge in [-0.1, -0.05) is 12.8 Å². The number of aliphatic carboxylic acids is 1. The van der Waals surface area contributed by atoms with Gasteiger partial charge in [0.2, 0.25) is 0 Å². The van der Waals surface area contributed by atoms with E-state index in [0.717, 1.165) is 12.8 Å². The number of alkyl halides is 3. The molecule has 1 saturated carbocycles. The Hall–Kier alpha value is -0.780. The Balaban J connectivity index is 2.67. The normalized spacial score (nSPS) is 21.4. The topological polar surface area (TPSA) is 46.5 Å². The molecule has 0 saturated heterocycles. The van der Waals surface area contributed by atoms with Gasteiger partial charge >= 0.3 is 12.1 Å². The number of hydrogen-bond donors (Lipinski definition) is 1. The third-order valence-electron chi connectivity index (χ3n) is 2.81. The van der Waals surface area contributed by atoms with Gasteiger partial charge in [-0.3, -0.25) is 0 Å². The van der Waals surface area contributed by atoms with Gasteiger partial charge in [-0.25, -0.2) is 4.79 Å². The van der Waals surface area contributed by atoms with Gasteiger partial charge in [0, 0.05) is 0 Å². The first-order chi connectivity index (χ1) is 7.36. The summed E-state index contributed by atoms with van der Waals surface area (Å²) in [4.78, 5) is 11.1. The summed E-state index contributed by atoms with van der Waals surface area (Å²) in [6.07, 6.45) is -1.24. The SMILES string of the molecule is O=C(O)C1(OCC(F)(F)F)CCCCCC1. The highest BCUT2D eigenvalue weighted by Gasteiger charge is 2.43. The average molecular weight is 240 g/mol. The number of rotatable bonds is 3. The van der Waals surface area contributed by atoms with Crippen LogP contribution in [0.2, 0.25) is 0 Å². The molecule has 0 aromatic heterocycles. The van der Waals surface area contributed by atoms with E-state index in [1.807, 2.05) is 0 Å². The van der Waals surface area contributed by atoms with E-state index < -0.39 is 24.4 Å². The molecule has 1 aliphatic rings. The lowest BCUT2D eigenvalue weighted by Gasteiger charge is -2.28. The molecule has 1 rings (SSSR count). The second-order valence-corrected chi connectivity index (χ2v) is 4.12. The Morgan fingerprint density at radius 2 is 1.69 bits per heavy atom. The van der Waals surface area contributed by atoms with Crippen LogP contribution in [0.3, 0.4) is 0 Å². The van der Waals surface area contributed by atoms with Crippen LogP contribution in [0.1, 0.15) is 38.5 Å². The lowest BCUT2D eigenvalue weighted by molar-refractivity contribution is -0.215. The van der Waals surface area contributed by atoms with Crippen LogP contribution in [-0.4, -0.2) is 29.5 Å². The molecular weight excluding hydrogens is 225 g/mol. The molecule has 6 heteroatoms. The van der Waals surface area contributed by atoms with E-state index in [-0.39, 0.29) is 12.8 Å². The number of hydrogen-bond acceptors (Lipinski definition) is 2. The average Bonchev–Trinajstić information content (AvgIpc) is 2.39. The van der Waals surface area contributed by atoms with Crippen LogP contribution in [0.4, 0.5) is 13.2 Å². The van der Waals surface area contributed by atoms with Crippen LogP contribution in [0.15, 0.2) is 0 Å². The van der Waals surface area contributed by atoms with Crippen molar-refractivity contribution in [1.82, 2.24) is 0 Å². The quantitative estimate of drug-likeness (QED) is 0.771.